The third-order valence-corrected chi connectivity index (χ3v) is 2.38. The first-order valence-corrected chi connectivity index (χ1v) is 4.75. The molecule has 0 radical (unpaired) electrons. The normalized spacial score (nSPS) is 10.6. The van der Waals surface area contributed by atoms with Crippen molar-refractivity contribution in [2.75, 3.05) is 5.73 Å². The van der Waals surface area contributed by atoms with Crippen LogP contribution in [0, 0.1) is 20.8 Å². The minimum Gasteiger partial charge on any atom is -0.398 e. The van der Waals surface area contributed by atoms with E-state index in [9.17, 15) is 0 Å². The standard InChI is InChI=1S/C11H13N3O/c1-6-4-7(2)10(12)5-9(6)11-13-8(3)15-14-11/h4-5H,12H2,1-3H3. The van der Waals surface area contributed by atoms with Gasteiger partial charge in [0.25, 0.3) is 0 Å². The van der Waals surface area contributed by atoms with Crippen LogP contribution in [-0.4, -0.2) is 10.1 Å². The van der Waals surface area contributed by atoms with E-state index in [0.29, 0.717) is 11.7 Å². The summed E-state index contributed by atoms with van der Waals surface area (Å²) < 4.78 is 4.94. The van der Waals surface area contributed by atoms with E-state index in [4.69, 9.17) is 10.3 Å². The summed E-state index contributed by atoms with van der Waals surface area (Å²) in [5, 5.41) is 3.88. The van der Waals surface area contributed by atoms with Crippen molar-refractivity contribution in [1.29, 1.82) is 0 Å². The van der Waals surface area contributed by atoms with Crippen molar-refractivity contribution in [3.05, 3.63) is 29.2 Å². The van der Waals surface area contributed by atoms with Crippen molar-refractivity contribution >= 4 is 5.69 Å². The lowest BCUT2D eigenvalue weighted by Gasteiger charge is -2.05. The van der Waals surface area contributed by atoms with E-state index in [1.807, 2.05) is 26.0 Å². The first-order chi connectivity index (χ1) is 7.08. The molecule has 0 atom stereocenters. The van der Waals surface area contributed by atoms with Crippen molar-refractivity contribution in [3.8, 4) is 11.4 Å². The van der Waals surface area contributed by atoms with Crippen LogP contribution in [0.3, 0.4) is 0 Å². The van der Waals surface area contributed by atoms with Gasteiger partial charge in [0.05, 0.1) is 0 Å². The maximum atomic E-state index is 5.85. The maximum Gasteiger partial charge on any atom is 0.223 e. The lowest BCUT2D eigenvalue weighted by Crippen LogP contribution is -1.94. The molecule has 1 aromatic carbocycles. The van der Waals surface area contributed by atoms with E-state index < -0.39 is 0 Å². The van der Waals surface area contributed by atoms with Crippen molar-refractivity contribution in [2.45, 2.75) is 20.8 Å². The fraction of sp³-hybridized carbons (Fsp3) is 0.273. The van der Waals surface area contributed by atoms with E-state index in [-0.39, 0.29) is 0 Å². The highest BCUT2D eigenvalue weighted by atomic mass is 16.5. The molecule has 0 aliphatic carbocycles. The Kier molecular flexibility index (Phi) is 2.19. The maximum absolute atomic E-state index is 5.85. The minimum atomic E-state index is 0.559. The van der Waals surface area contributed by atoms with Crippen LogP contribution in [0.5, 0.6) is 0 Å². The first kappa shape index (κ1) is 9.71. The number of nitrogen functional groups attached to an aromatic ring is 1. The highest BCUT2D eigenvalue weighted by Gasteiger charge is 2.10. The number of benzene rings is 1. The summed E-state index contributed by atoms with van der Waals surface area (Å²) in [6.07, 6.45) is 0. The molecule has 2 aromatic rings. The molecule has 0 amide bonds. The van der Waals surface area contributed by atoms with Gasteiger partial charge < -0.3 is 10.3 Å². The number of hydrogen-bond acceptors (Lipinski definition) is 4. The Morgan fingerprint density at radius 1 is 1.13 bits per heavy atom. The molecule has 0 fully saturated rings. The van der Waals surface area contributed by atoms with E-state index in [1.54, 1.807) is 6.92 Å². The second kappa shape index (κ2) is 3.38. The summed E-state index contributed by atoms with van der Waals surface area (Å²) in [6, 6.07) is 3.91. The monoisotopic (exact) mass is 203 g/mol. The smallest absolute Gasteiger partial charge is 0.223 e. The third kappa shape index (κ3) is 1.70. The molecule has 0 bridgehead atoms. The number of nitrogens with zero attached hydrogens (tertiary/aromatic N) is 2. The summed E-state index contributed by atoms with van der Waals surface area (Å²) >= 11 is 0. The van der Waals surface area contributed by atoms with Gasteiger partial charge in [-0.05, 0) is 31.0 Å². The number of aromatic nitrogens is 2. The highest BCUT2D eigenvalue weighted by Crippen LogP contribution is 2.25. The van der Waals surface area contributed by atoms with Crippen LogP contribution in [0.25, 0.3) is 11.4 Å². The lowest BCUT2D eigenvalue weighted by atomic mass is 10.0. The molecule has 1 aromatic heterocycles. The van der Waals surface area contributed by atoms with Crippen LogP contribution in [0.1, 0.15) is 17.0 Å². The number of nitrogens with two attached hydrogens (primary N) is 1. The van der Waals surface area contributed by atoms with E-state index >= 15 is 0 Å². The van der Waals surface area contributed by atoms with Gasteiger partial charge >= 0.3 is 0 Å². The van der Waals surface area contributed by atoms with Crippen LogP contribution in [0.4, 0.5) is 5.69 Å². The summed E-state index contributed by atoms with van der Waals surface area (Å²) in [6.45, 7) is 5.75. The third-order valence-electron chi connectivity index (χ3n) is 2.38. The zero-order chi connectivity index (χ0) is 11.0. The molecule has 15 heavy (non-hydrogen) atoms. The van der Waals surface area contributed by atoms with Crippen LogP contribution < -0.4 is 5.73 Å². The fourth-order valence-corrected chi connectivity index (χ4v) is 1.52. The number of rotatable bonds is 1. The lowest BCUT2D eigenvalue weighted by molar-refractivity contribution is 0.394. The van der Waals surface area contributed by atoms with Gasteiger partial charge in [0, 0.05) is 18.2 Å². The summed E-state index contributed by atoms with van der Waals surface area (Å²) in [5.74, 6) is 1.15. The Morgan fingerprint density at radius 2 is 1.87 bits per heavy atom. The zero-order valence-corrected chi connectivity index (χ0v) is 9.03. The molecule has 2 rings (SSSR count). The molecule has 2 N–H and O–H groups in total. The number of aryl methyl sites for hydroxylation is 3. The Hall–Kier alpha value is -1.84. The van der Waals surface area contributed by atoms with Crippen LogP contribution in [-0.2, 0) is 0 Å². The number of anilines is 1. The van der Waals surface area contributed by atoms with Gasteiger partial charge in [-0.15, -0.1) is 0 Å². The number of hydrogen-bond donors (Lipinski definition) is 1. The van der Waals surface area contributed by atoms with Crippen LogP contribution in [0.2, 0.25) is 0 Å². The fourth-order valence-electron chi connectivity index (χ4n) is 1.52. The molecule has 0 saturated carbocycles. The van der Waals surface area contributed by atoms with Gasteiger partial charge in [0.15, 0.2) is 0 Å². The second-order valence-corrected chi connectivity index (χ2v) is 3.66. The van der Waals surface area contributed by atoms with Gasteiger partial charge in [0.2, 0.25) is 11.7 Å². The van der Waals surface area contributed by atoms with Gasteiger partial charge in [-0.2, -0.15) is 4.98 Å². The molecule has 4 nitrogen and oxygen atoms in total. The Bertz CT molecular complexity index is 503. The molecule has 0 spiro atoms. The Labute approximate surface area is 88.1 Å². The van der Waals surface area contributed by atoms with Gasteiger partial charge in [0.1, 0.15) is 0 Å². The second-order valence-electron chi connectivity index (χ2n) is 3.66. The van der Waals surface area contributed by atoms with Crippen molar-refractivity contribution in [2.24, 2.45) is 0 Å². The van der Waals surface area contributed by atoms with Gasteiger partial charge in [-0.25, -0.2) is 0 Å². The largest absolute Gasteiger partial charge is 0.398 e. The molecule has 4 heteroatoms. The summed E-state index contributed by atoms with van der Waals surface area (Å²) in [4.78, 5) is 4.18. The molecule has 0 aliphatic heterocycles. The van der Waals surface area contributed by atoms with E-state index in [2.05, 4.69) is 10.1 Å². The molecular formula is C11H13N3O. The summed E-state index contributed by atoms with van der Waals surface area (Å²) in [5.41, 5.74) is 9.69. The molecule has 1 heterocycles. The van der Waals surface area contributed by atoms with Crippen molar-refractivity contribution in [1.82, 2.24) is 10.1 Å². The first-order valence-electron chi connectivity index (χ1n) is 4.75. The predicted octanol–water partition coefficient (Wildman–Crippen LogP) is 2.24. The van der Waals surface area contributed by atoms with E-state index in [1.165, 1.54) is 0 Å². The van der Waals surface area contributed by atoms with Crippen molar-refractivity contribution < 1.29 is 4.52 Å². The molecular weight excluding hydrogens is 190 g/mol. The average Bonchev–Trinajstić information content (AvgIpc) is 2.58. The minimum absolute atomic E-state index is 0.559. The van der Waals surface area contributed by atoms with Crippen molar-refractivity contribution in [3.63, 3.8) is 0 Å². The molecule has 0 unspecified atom stereocenters. The predicted molar refractivity (Wildman–Crippen MR) is 58.4 cm³/mol. The zero-order valence-electron chi connectivity index (χ0n) is 9.03. The highest BCUT2D eigenvalue weighted by molar-refractivity contribution is 5.67. The quantitative estimate of drug-likeness (QED) is 0.722. The van der Waals surface area contributed by atoms with Gasteiger partial charge in [-0.3, -0.25) is 0 Å². The van der Waals surface area contributed by atoms with Crippen LogP contribution in [0.15, 0.2) is 16.7 Å². The SMILES string of the molecule is Cc1nc(-c2cc(N)c(C)cc2C)no1. The molecule has 0 aliphatic rings. The Morgan fingerprint density at radius 3 is 2.47 bits per heavy atom. The Balaban J connectivity index is 2.58. The molecule has 0 saturated heterocycles. The topological polar surface area (TPSA) is 64.9 Å². The van der Waals surface area contributed by atoms with E-state index in [0.717, 1.165) is 22.4 Å². The summed E-state index contributed by atoms with van der Waals surface area (Å²) in [7, 11) is 0. The van der Waals surface area contributed by atoms with Crippen LogP contribution >= 0.6 is 0 Å². The average molecular weight is 203 g/mol. The van der Waals surface area contributed by atoms with Gasteiger partial charge in [-0.1, -0.05) is 11.2 Å². The molecule has 78 valence electrons.